The zero-order valence-electron chi connectivity index (χ0n) is 6.85. The first kappa shape index (κ1) is 6.92. The number of hydrogen-bond donors (Lipinski definition) is 2. The summed E-state index contributed by atoms with van der Waals surface area (Å²) in [5.41, 5.74) is 2.90. The van der Waals surface area contributed by atoms with Crippen molar-refractivity contribution < 1.29 is 0 Å². The summed E-state index contributed by atoms with van der Waals surface area (Å²) >= 11 is 0. The maximum Gasteiger partial charge on any atom is 0.0335 e. The normalized spacial score (nSPS) is 23.2. The lowest BCUT2D eigenvalue weighted by Crippen LogP contribution is -2.28. The Hall–Kier alpha value is -0.760. The minimum Gasteiger partial charge on any atom is -0.365 e. The molecule has 0 radical (unpaired) electrons. The molecule has 1 aliphatic rings. The smallest absolute Gasteiger partial charge is 0.0335 e. The quantitative estimate of drug-likeness (QED) is 0.625. The van der Waals surface area contributed by atoms with Crippen molar-refractivity contribution in [3.8, 4) is 0 Å². The standard InChI is InChI=1S/C9H14N2/c1-2-8-7-3-5-11-9(7)4-6-10-8/h3,5,8,10-11H,2,4,6H2,1H3/t8-/m1/s1. The Balaban J connectivity index is 2.32. The van der Waals surface area contributed by atoms with Gasteiger partial charge in [-0.3, -0.25) is 0 Å². The van der Waals surface area contributed by atoms with Crippen LogP contribution < -0.4 is 5.32 Å². The molecule has 0 bridgehead atoms. The van der Waals surface area contributed by atoms with E-state index in [1.165, 1.54) is 17.7 Å². The van der Waals surface area contributed by atoms with Crippen LogP contribution in [0.1, 0.15) is 30.6 Å². The Bertz CT molecular complexity index is 239. The predicted octanol–water partition coefficient (Wildman–Crippen LogP) is 1.61. The summed E-state index contributed by atoms with van der Waals surface area (Å²) in [7, 11) is 0. The van der Waals surface area contributed by atoms with Crippen LogP contribution in [0.4, 0.5) is 0 Å². The Morgan fingerprint density at radius 2 is 2.55 bits per heavy atom. The molecule has 11 heavy (non-hydrogen) atoms. The number of rotatable bonds is 1. The van der Waals surface area contributed by atoms with E-state index in [-0.39, 0.29) is 0 Å². The summed E-state index contributed by atoms with van der Waals surface area (Å²) < 4.78 is 0. The van der Waals surface area contributed by atoms with Crippen LogP contribution in [-0.2, 0) is 6.42 Å². The van der Waals surface area contributed by atoms with Gasteiger partial charge in [-0.15, -0.1) is 0 Å². The molecular formula is C9H14N2. The number of hydrogen-bond acceptors (Lipinski definition) is 1. The van der Waals surface area contributed by atoms with Crippen LogP contribution in [-0.4, -0.2) is 11.5 Å². The first-order chi connectivity index (χ1) is 5.42. The van der Waals surface area contributed by atoms with Crippen molar-refractivity contribution in [1.82, 2.24) is 10.3 Å². The molecule has 60 valence electrons. The van der Waals surface area contributed by atoms with Gasteiger partial charge in [-0.2, -0.15) is 0 Å². The van der Waals surface area contributed by atoms with Crippen LogP contribution in [0.15, 0.2) is 12.3 Å². The maximum absolute atomic E-state index is 3.49. The van der Waals surface area contributed by atoms with Crippen LogP contribution in [0.3, 0.4) is 0 Å². The Morgan fingerprint density at radius 3 is 3.36 bits per heavy atom. The molecule has 2 heteroatoms. The van der Waals surface area contributed by atoms with Crippen LogP contribution in [0, 0.1) is 0 Å². The van der Waals surface area contributed by atoms with Gasteiger partial charge >= 0.3 is 0 Å². The average molecular weight is 150 g/mol. The second-order valence-electron chi connectivity index (χ2n) is 3.08. The third-order valence-electron chi connectivity index (χ3n) is 2.42. The minimum absolute atomic E-state index is 0.588. The van der Waals surface area contributed by atoms with Crippen molar-refractivity contribution in [2.45, 2.75) is 25.8 Å². The fraction of sp³-hybridized carbons (Fsp3) is 0.556. The highest BCUT2D eigenvalue weighted by molar-refractivity contribution is 5.26. The number of aromatic amines is 1. The third kappa shape index (κ3) is 1.07. The van der Waals surface area contributed by atoms with E-state index >= 15 is 0 Å². The zero-order valence-corrected chi connectivity index (χ0v) is 6.85. The van der Waals surface area contributed by atoms with E-state index in [1.807, 2.05) is 6.20 Å². The van der Waals surface area contributed by atoms with Crippen molar-refractivity contribution in [1.29, 1.82) is 0 Å². The molecule has 0 amide bonds. The van der Waals surface area contributed by atoms with Crippen LogP contribution in [0.2, 0.25) is 0 Å². The van der Waals surface area contributed by atoms with Gasteiger partial charge in [0.25, 0.3) is 0 Å². The predicted molar refractivity (Wildman–Crippen MR) is 45.5 cm³/mol. The summed E-state index contributed by atoms with van der Waals surface area (Å²) in [6.45, 7) is 3.34. The topological polar surface area (TPSA) is 27.8 Å². The molecular weight excluding hydrogens is 136 g/mol. The highest BCUT2D eigenvalue weighted by Gasteiger charge is 2.17. The first-order valence-electron chi connectivity index (χ1n) is 4.31. The van der Waals surface area contributed by atoms with Crippen molar-refractivity contribution in [2.75, 3.05) is 6.54 Å². The summed E-state index contributed by atoms with van der Waals surface area (Å²) in [6, 6.07) is 2.78. The van der Waals surface area contributed by atoms with Crippen LogP contribution in [0.5, 0.6) is 0 Å². The van der Waals surface area contributed by atoms with E-state index in [2.05, 4.69) is 23.3 Å². The molecule has 0 unspecified atom stereocenters. The van der Waals surface area contributed by atoms with Gasteiger partial charge < -0.3 is 10.3 Å². The van der Waals surface area contributed by atoms with Gasteiger partial charge in [0, 0.05) is 30.9 Å². The molecule has 0 saturated carbocycles. The largest absolute Gasteiger partial charge is 0.365 e. The van der Waals surface area contributed by atoms with Gasteiger partial charge in [-0.05, 0) is 18.1 Å². The van der Waals surface area contributed by atoms with E-state index in [0.717, 1.165) is 13.0 Å². The molecule has 1 aromatic rings. The Labute approximate surface area is 67.0 Å². The van der Waals surface area contributed by atoms with E-state index < -0.39 is 0 Å². The molecule has 1 aromatic heterocycles. The lowest BCUT2D eigenvalue weighted by Gasteiger charge is -2.22. The molecule has 0 saturated heterocycles. The molecule has 1 atom stereocenters. The fourth-order valence-electron chi connectivity index (χ4n) is 1.80. The minimum atomic E-state index is 0.588. The van der Waals surface area contributed by atoms with Crippen molar-refractivity contribution in [3.05, 3.63) is 23.5 Å². The summed E-state index contributed by atoms with van der Waals surface area (Å²) in [4.78, 5) is 3.28. The average Bonchev–Trinajstić information content (AvgIpc) is 2.50. The number of nitrogens with one attached hydrogen (secondary N) is 2. The molecule has 0 aromatic carbocycles. The van der Waals surface area contributed by atoms with Crippen molar-refractivity contribution in [3.63, 3.8) is 0 Å². The van der Waals surface area contributed by atoms with Gasteiger partial charge in [0.2, 0.25) is 0 Å². The van der Waals surface area contributed by atoms with E-state index in [4.69, 9.17) is 0 Å². The highest BCUT2D eigenvalue weighted by Crippen LogP contribution is 2.23. The van der Waals surface area contributed by atoms with Crippen LogP contribution >= 0.6 is 0 Å². The monoisotopic (exact) mass is 150 g/mol. The van der Waals surface area contributed by atoms with E-state index in [9.17, 15) is 0 Å². The SMILES string of the molecule is CC[C@H]1NCCc2[nH]ccc21. The lowest BCUT2D eigenvalue weighted by molar-refractivity contribution is 0.491. The Morgan fingerprint density at radius 1 is 1.64 bits per heavy atom. The number of fused-ring (bicyclic) bond motifs is 1. The molecule has 0 fully saturated rings. The van der Waals surface area contributed by atoms with Crippen molar-refractivity contribution in [2.24, 2.45) is 0 Å². The second-order valence-corrected chi connectivity index (χ2v) is 3.08. The van der Waals surface area contributed by atoms with E-state index in [1.54, 1.807) is 0 Å². The van der Waals surface area contributed by atoms with Crippen LogP contribution in [0.25, 0.3) is 0 Å². The fourth-order valence-corrected chi connectivity index (χ4v) is 1.80. The lowest BCUT2D eigenvalue weighted by atomic mass is 10.00. The van der Waals surface area contributed by atoms with Crippen molar-refractivity contribution >= 4 is 0 Å². The van der Waals surface area contributed by atoms with Gasteiger partial charge in [-0.25, -0.2) is 0 Å². The molecule has 0 aliphatic carbocycles. The first-order valence-corrected chi connectivity index (χ1v) is 4.31. The van der Waals surface area contributed by atoms with Gasteiger partial charge in [-0.1, -0.05) is 6.92 Å². The molecule has 2 nitrogen and oxygen atoms in total. The summed E-state index contributed by atoms with van der Waals surface area (Å²) in [5.74, 6) is 0. The van der Waals surface area contributed by atoms with Gasteiger partial charge in [0.05, 0.1) is 0 Å². The Kier molecular flexibility index (Phi) is 1.70. The number of H-pyrrole nitrogens is 1. The molecule has 0 spiro atoms. The molecule has 2 heterocycles. The van der Waals surface area contributed by atoms with Gasteiger partial charge in [0.1, 0.15) is 0 Å². The zero-order chi connectivity index (χ0) is 7.68. The number of aromatic nitrogens is 1. The summed E-state index contributed by atoms with van der Waals surface area (Å²) in [5, 5.41) is 3.49. The third-order valence-corrected chi connectivity index (χ3v) is 2.42. The highest BCUT2D eigenvalue weighted by atomic mass is 14.9. The molecule has 2 N–H and O–H groups in total. The maximum atomic E-state index is 3.49. The van der Waals surface area contributed by atoms with Gasteiger partial charge in [0.15, 0.2) is 0 Å². The second kappa shape index (κ2) is 2.70. The molecule has 1 aliphatic heterocycles. The van der Waals surface area contributed by atoms with E-state index in [0.29, 0.717) is 6.04 Å². The summed E-state index contributed by atoms with van der Waals surface area (Å²) in [6.07, 6.45) is 4.38. The molecule has 2 rings (SSSR count).